The van der Waals surface area contributed by atoms with E-state index in [-0.39, 0.29) is 18.1 Å². The zero-order valence-electron chi connectivity index (χ0n) is 18.4. The lowest BCUT2D eigenvalue weighted by molar-refractivity contribution is -0.142. The first-order chi connectivity index (χ1) is 15.3. The van der Waals surface area contributed by atoms with E-state index in [1.165, 1.54) is 6.26 Å². The van der Waals surface area contributed by atoms with E-state index >= 15 is 0 Å². The Labute approximate surface area is 188 Å². The molecular weight excluding hydrogens is 434 g/mol. The number of rotatable bonds is 10. The summed E-state index contributed by atoms with van der Waals surface area (Å²) in [4.78, 5) is 22.7. The second-order valence-electron chi connectivity index (χ2n) is 7.88. The van der Waals surface area contributed by atoms with Crippen molar-refractivity contribution in [3.8, 4) is 17.0 Å². The van der Waals surface area contributed by atoms with Gasteiger partial charge in [0.15, 0.2) is 5.82 Å². The number of carbonyl (C=O) groups is 1. The molecule has 1 aliphatic rings. The monoisotopic (exact) mass is 463 g/mol. The van der Waals surface area contributed by atoms with Crippen LogP contribution in [0.3, 0.4) is 0 Å². The molecule has 0 spiro atoms. The molecule has 1 N–H and O–H groups in total. The van der Waals surface area contributed by atoms with Crippen LogP contribution in [0.4, 0.5) is 5.82 Å². The molecule has 2 aromatic rings. The lowest BCUT2D eigenvalue weighted by Gasteiger charge is -2.32. The lowest BCUT2D eigenvalue weighted by Crippen LogP contribution is -2.37. The van der Waals surface area contributed by atoms with Crippen molar-refractivity contribution < 1.29 is 27.8 Å². The molecule has 3 rings (SSSR count). The van der Waals surface area contributed by atoms with Gasteiger partial charge in [-0.05, 0) is 37.1 Å². The number of benzene rings is 1. The third-order valence-electron chi connectivity index (χ3n) is 5.36. The van der Waals surface area contributed by atoms with Crippen molar-refractivity contribution in [1.82, 2.24) is 9.97 Å². The van der Waals surface area contributed by atoms with E-state index < -0.39 is 15.8 Å². The average Bonchev–Trinajstić information content (AvgIpc) is 2.78. The van der Waals surface area contributed by atoms with Crippen molar-refractivity contribution in [2.24, 2.45) is 5.92 Å². The Morgan fingerprint density at radius 2 is 1.88 bits per heavy atom. The topological polar surface area (TPSA) is 119 Å². The van der Waals surface area contributed by atoms with Crippen LogP contribution in [-0.4, -0.2) is 74.9 Å². The number of anilines is 1. The number of piperidine rings is 1. The number of aliphatic carboxylic acids is 1. The molecule has 1 saturated heterocycles. The fourth-order valence-electron chi connectivity index (χ4n) is 3.54. The highest BCUT2D eigenvalue weighted by atomic mass is 32.2. The molecule has 0 radical (unpaired) electrons. The van der Waals surface area contributed by atoms with Crippen LogP contribution in [0.15, 0.2) is 30.5 Å². The predicted molar refractivity (Wildman–Crippen MR) is 121 cm³/mol. The summed E-state index contributed by atoms with van der Waals surface area (Å²) in [7, 11) is -1.51. The van der Waals surface area contributed by atoms with E-state index in [1.807, 2.05) is 29.2 Å². The van der Waals surface area contributed by atoms with Crippen molar-refractivity contribution in [3.05, 3.63) is 36.2 Å². The maximum atomic E-state index is 11.6. The SMILES string of the molecule is COCCOc1ccc(-c2ncc(CCS(C)(=O)=O)nc2N2CCC(C(=O)O)CC2)cc1. The number of carboxylic acid groups (broad SMARTS) is 1. The van der Waals surface area contributed by atoms with Crippen molar-refractivity contribution in [2.45, 2.75) is 19.3 Å². The third-order valence-corrected chi connectivity index (χ3v) is 6.31. The van der Waals surface area contributed by atoms with Gasteiger partial charge in [0.2, 0.25) is 0 Å². The zero-order valence-corrected chi connectivity index (χ0v) is 19.2. The van der Waals surface area contributed by atoms with Crippen LogP contribution in [0.5, 0.6) is 5.75 Å². The fourth-order valence-corrected chi connectivity index (χ4v) is 4.12. The third kappa shape index (κ3) is 6.64. The molecule has 1 aromatic carbocycles. The standard InChI is InChI=1S/C22H29N3O6S/c1-30-12-13-31-19-5-3-16(4-6-19)20-21(25-10-7-17(8-11-25)22(26)27)24-18(15-23-20)9-14-32(2,28)29/h3-6,15,17H,7-14H2,1-2H3,(H,26,27). The first-order valence-electron chi connectivity index (χ1n) is 10.5. The molecule has 1 aromatic heterocycles. The van der Waals surface area contributed by atoms with Gasteiger partial charge in [0.05, 0.1) is 24.0 Å². The Kier molecular flexibility index (Phi) is 8.03. The Morgan fingerprint density at radius 1 is 1.19 bits per heavy atom. The molecular formula is C22H29N3O6S. The van der Waals surface area contributed by atoms with Crippen molar-refractivity contribution in [1.29, 1.82) is 0 Å². The van der Waals surface area contributed by atoms with Crippen LogP contribution < -0.4 is 9.64 Å². The first kappa shape index (κ1) is 23.9. The number of aromatic nitrogens is 2. The van der Waals surface area contributed by atoms with E-state index in [2.05, 4.69) is 4.98 Å². The van der Waals surface area contributed by atoms with Crippen LogP contribution in [0, 0.1) is 5.92 Å². The zero-order chi connectivity index (χ0) is 23.1. The number of methoxy groups -OCH3 is 1. The van der Waals surface area contributed by atoms with E-state index in [0.29, 0.717) is 62.1 Å². The van der Waals surface area contributed by atoms with Crippen LogP contribution in [0.1, 0.15) is 18.5 Å². The molecule has 10 heteroatoms. The highest BCUT2D eigenvalue weighted by Crippen LogP contribution is 2.31. The largest absolute Gasteiger partial charge is 0.491 e. The number of sulfone groups is 1. The number of carboxylic acids is 1. The smallest absolute Gasteiger partial charge is 0.306 e. The molecule has 1 aliphatic heterocycles. The average molecular weight is 464 g/mol. The van der Waals surface area contributed by atoms with Crippen LogP contribution in [-0.2, 0) is 25.8 Å². The molecule has 1 fully saturated rings. The fraction of sp³-hybridized carbons (Fsp3) is 0.500. The Balaban J connectivity index is 1.86. The Morgan fingerprint density at radius 3 is 2.47 bits per heavy atom. The summed E-state index contributed by atoms with van der Waals surface area (Å²) >= 11 is 0. The number of aryl methyl sites for hydroxylation is 1. The summed E-state index contributed by atoms with van der Waals surface area (Å²) in [5.41, 5.74) is 2.11. The lowest BCUT2D eigenvalue weighted by atomic mass is 9.97. The van der Waals surface area contributed by atoms with Gasteiger partial charge in [-0.3, -0.25) is 9.78 Å². The number of ether oxygens (including phenoxy) is 2. The highest BCUT2D eigenvalue weighted by Gasteiger charge is 2.27. The van der Waals surface area contributed by atoms with Crippen LogP contribution in [0.25, 0.3) is 11.3 Å². The molecule has 0 saturated carbocycles. The van der Waals surface area contributed by atoms with E-state index in [0.717, 1.165) is 5.56 Å². The van der Waals surface area contributed by atoms with Gasteiger partial charge >= 0.3 is 5.97 Å². The molecule has 2 heterocycles. The van der Waals surface area contributed by atoms with Gasteiger partial charge in [-0.2, -0.15) is 0 Å². The van der Waals surface area contributed by atoms with Gasteiger partial charge in [-0.25, -0.2) is 13.4 Å². The van der Waals surface area contributed by atoms with E-state index in [4.69, 9.17) is 14.5 Å². The number of hydrogen-bond acceptors (Lipinski definition) is 8. The predicted octanol–water partition coefficient (Wildman–Crippen LogP) is 2.06. The highest BCUT2D eigenvalue weighted by molar-refractivity contribution is 7.90. The minimum absolute atomic E-state index is 0.00490. The molecule has 0 atom stereocenters. The molecule has 0 aliphatic carbocycles. The van der Waals surface area contributed by atoms with Crippen LogP contribution in [0.2, 0.25) is 0 Å². The molecule has 174 valence electrons. The van der Waals surface area contributed by atoms with Crippen molar-refractivity contribution >= 4 is 21.6 Å². The Hall–Kier alpha value is -2.72. The van der Waals surface area contributed by atoms with Crippen molar-refractivity contribution in [3.63, 3.8) is 0 Å². The molecule has 0 bridgehead atoms. The van der Waals surface area contributed by atoms with E-state index in [1.54, 1.807) is 13.3 Å². The summed E-state index contributed by atoms with van der Waals surface area (Å²) in [6, 6.07) is 7.50. The molecule has 32 heavy (non-hydrogen) atoms. The summed E-state index contributed by atoms with van der Waals surface area (Å²) < 4.78 is 33.8. The Bertz CT molecular complexity index is 1020. The van der Waals surface area contributed by atoms with E-state index in [9.17, 15) is 18.3 Å². The molecule has 9 nitrogen and oxygen atoms in total. The van der Waals surface area contributed by atoms with Crippen LogP contribution >= 0.6 is 0 Å². The first-order valence-corrected chi connectivity index (χ1v) is 12.6. The summed E-state index contributed by atoms with van der Waals surface area (Å²) in [5, 5.41) is 9.30. The van der Waals surface area contributed by atoms with Gasteiger partial charge in [-0.15, -0.1) is 0 Å². The normalized spacial score (nSPS) is 15.0. The number of hydrogen-bond donors (Lipinski definition) is 1. The summed E-state index contributed by atoms with van der Waals surface area (Å²) in [6.45, 7) is 2.05. The number of nitrogens with zero attached hydrogens (tertiary/aromatic N) is 3. The minimum Gasteiger partial charge on any atom is -0.491 e. The second kappa shape index (κ2) is 10.7. The van der Waals surface area contributed by atoms with Gasteiger partial charge in [-0.1, -0.05) is 0 Å². The summed E-state index contributed by atoms with van der Waals surface area (Å²) in [5.74, 6) is 0.219. The summed E-state index contributed by atoms with van der Waals surface area (Å²) in [6.07, 6.45) is 4.13. The molecule has 0 unspecified atom stereocenters. The maximum Gasteiger partial charge on any atom is 0.306 e. The van der Waals surface area contributed by atoms with Gasteiger partial charge in [0.25, 0.3) is 0 Å². The van der Waals surface area contributed by atoms with Gasteiger partial charge in [0, 0.05) is 44.6 Å². The quantitative estimate of drug-likeness (QED) is 0.528. The van der Waals surface area contributed by atoms with Gasteiger partial charge < -0.3 is 19.5 Å². The van der Waals surface area contributed by atoms with Crippen molar-refractivity contribution in [2.75, 3.05) is 50.3 Å². The maximum absolute atomic E-state index is 11.6. The molecule has 0 amide bonds. The minimum atomic E-state index is -3.12. The van der Waals surface area contributed by atoms with Gasteiger partial charge in [0.1, 0.15) is 27.9 Å². The second-order valence-corrected chi connectivity index (χ2v) is 10.1.